The van der Waals surface area contributed by atoms with Crippen LogP contribution in [-0.4, -0.2) is 53.2 Å². The van der Waals surface area contributed by atoms with Crippen molar-refractivity contribution < 1.29 is 14.7 Å². The molecule has 1 aromatic heterocycles. The summed E-state index contributed by atoms with van der Waals surface area (Å²) >= 11 is 1.56. The standard InChI is InChI=1S/C23H24N4O3S/c1-14-12-16(21(28)24-18-7-6-15-4-2-3-5-17(15)18)13-19-20(14)25-22(31-19)26-8-10-27(11-9-26)23(29)30/h2-5,12-13,18H,6-11H2,1H3,(H,24,28)(H,29,30)/t18-/m0/s1. The maximum absolute atomic E-state index is 13.0. The first-order chi connectivity index (χ1) is 15.0. The highest BCUT2D eigenvalue weighted by atomic mass is 32.1. The normalized spacial score (nSPS) is 18.3. The number of rotatable bonds is 3. The van der Waals surface area contributed by atoms with Gasteiger partial charge in [-0.1, -0.05) is 35.6 Å². The number of nitrogens with one attached hydrogen (secondary N) is 1. The Kier molecular flexibility index (Phi) is 5.02. The lowest BCUT2D eigenvalue weighted by molar-refractivity contribution is 0.0936. The Morgan fingerprint density at radius 2 is 1.94 bits per heavy atom. The molecule has 2 aromatic carbocycles. The number of thiazole rings is 1. The molecule has 7 nitrogen and oxygen atoms in total. The highest BCUT2D eigenvalue weighted by molar-refractivity contribution is 7.22. The van der Waals surface area contributed by atoms with Gasteiger partial charge in [0, 0.05) is 31.7 Å². The predicted octanol–water partition coefficient (Wildman–Crippen LogP) is 3.82. The third kappa shape index (κ3) is 3.72. The zero-order valence-electron chi connectivity index (χ0n) is 17.3. The van der Waals surface area contributed by atoms with E-state index in [1.807, 2.05) is 31.2 Å². The maximum atomic E-state index is 13.0. The van der Waals surface area contributed by atoms with Crippen molar-refractivity contribution in [3.05, 3.63) is 58.7 Å². The smallest absolute Gasteiger partial charge is 0.407 e. The topological polar surface area (TPSA) is 85.8 Å². The van der Waals surface area contributed by atoms with Crippen LogP contribution in [-0.2, 0) is 6.42 Å². The lowest BCUT2D eigenvalue weighted by Crippen LogP contribution is -2.48. The number of benzene rings is 2. The van der Waals surface area contributed by atoms with E-state index in [1.165, 1.54) is 16.0 Å². The maximum Gasteiger partial charge on any atom is 0.407 e. The SMILES string of the molecule is Cc1cc(C(=O)N[C@H]2CCc3ccccc32)cc2sc(N3CCN(C(=O)O)CC3)nc12. The second-order valence-electron chi connectivity index (χ2n) is 8.16. The molecular weight excluding hydrogens is 412 g/mol. The molecule has 2 N–H and O–H groups in total. The summed E-state index contributed by atoms with van der Waals surface area (Å²) < 4.78 is 0.979. The van der Waals surface area contributed by atoms with Crippen molar-refractivity contribution in [1.82, 2.24) is 15.2 Å². The number of hydrogen-bond acceptors (Lipinski definition) is 5. The molecule has 2 amide bonds. The van der Waals surface area contributed by atoms with E-state index >= 15 is 0 Å². The lowest BCUT2D eigenvalue weighted by atomic mass is 10.1. The van der Waals surface area contributed by atoms with Gasteiger partial charge in [-0.15, -0.1) is 0 Å². The lowest BCUT2D eigenvalue weighted by Gasteiger charge is -2.32. The quantitative estimate of drug-likeness (QED) is 0.652. The van der Waals surface area contributed by atoms with E-state index in [4.69, 9.17) is 10.1 Å². The molecular formula is C23H24N4O3S. The van der Waals surface area contributed by atoms with Gasteiger partial charge in [-0.05, 0) is 48.6 Å². The molecule has 0 bridgehead atoms. The Bertz CT molecular complexity index is 1170. The Balaban J connectivity index is 1.35. The van der Waals surface area contributed by atoms with Gasteiger partial charge in [-0.3, -0.25) is 4.79 Å². The molecule has 3 aromatic rings. The monoisotopic (exact) mass is 436 g/mol. The van der Waals surface area contributed by atoms with Gasteiger partial charge in [0.05, 0.1) is 16.3 Å². The average Bonchev–Trinajstić information content (AvgIpc) is 3.39. The first-order valence-electron chi connectivity index (χ1n) is 10.5. The minimum atomic E-state index is -0.875. The highest BCUT2D eigenvalue weighted by Gasteiger charge is 2.25. The van der Waals surface area contributed by atoms with Gasteiger partial charge in [-0.25, -0.2) is 9.78 Å². The van der Waals surface area contributed by atoms with Crippen LogP contribution in [0.25, 0.3) is 10.2 Å². The average molecular weight is 437 g/mol. The first-order valence-corrected chi connectivity index (χ1v) is 11.3. The van der Waals surface area contributed by atoms with Crippen molar-refractivity contribution in [3.63, 3.8) is 0 Å². The summed E-state index contributed by atoms with van der Waals surface area (Å²) in [6, 6.07) is 12.2. The largest absolute Gasteiger partial charge is 0.465 e. The van der Waals surface area contributed by atoms with Crippen LogP contribution >= 0.6 is 11.3 Å². The molecule has 1 atom stereocenters. The number of nitrogens with zero attached hydrogens (tertiary/aromatic N) is 3. The fourth-order valence-corrected chi connectivity index (χ4v) is 5.62. The molecule has 1 fully saturated rings. The molecule has 0 radical (unpaired) electrons. The van der Waals surface area contributed by atoms with E-state index in [0.717, 1.165) is 33.8 Å². The van der Waals surface area contributed by atoms with E-state index in [2.05, 4.69) is 22.3 Å². The van der Waals surface area contributed by atoms with Crippen LogP contribution in [0.1, 0.15) is 39.5 Å². The highest BCUT2D eigenvalue weighted by Crippen LogP contribution is 2.34. The number of aryl methyl sites for hydroxylation is 2. The molecule has 1 saturated heterocycles. The van der Waals surface area contributed by atoms with Gasteiger partial charge in [0.15, 0.2) is 5.13 Å². The fraction of sp³-hybridized carbons (Fsp3) is 0.348. The van der Waals surface area contributed by atoms with Crippen LogP contribution in [0.5, 0.6) is 0 Å². The van der Waals surface area contributed by atoms with Gasteiger partial charge in [0.25, 0.3) is 5.91 Å². The summed E-state index contributed by atoms with van der Waals surface area (Å²) in [6.07, 6.45) is 1.05. The van der Waals surface area contributed by atoms with E-state index in [9.17, 15) is 9.59 Å². The third-order valence-corrected chi connectivity index (χ3v) is 7.26. The number of fused-ring (bicyclic) bond motifs is 2. The fourth-order valence-electron chi connectivity index (χ4n) is 4.49. The number of carbonyl (C=O) groups is 2. The van der Waals surface area contributed by atoms with Crippen LogP contribution in [0.15, 0.2) is 36.4 Å². The minimum absolute atomic E-state index is 0.0576. The number of hydrogen-bond donors (Lipinski definition) is 2. The van der Waals surface area contributed by atoms with Gasteiger partial charge in [0.1, 0.15) is 0 Å². The molecule has 5 rings (SSSR count). The molecule has 31 heavy (non-hydrogen) atoms. The van der Waals surface area contributed by atoms with Crippen molar-refractivity contribution >= 4 is 38.7 Å². The first kappa shape index (κ1) is 19.8. The summed E-state index contributed by atoms with van der Waals surface area (Å²) in [5.74, 6) is -0.0586. The molecule has 1 aliphatic carbocycles. The summed E-state index contributed by atoms with van der Waals surface area (Å²) in [4.78, 5) is 32.5. The molecule has 2 heterocycles. The summed E-state index contributed by atoms with van der Waals surface area (Å²) in [5.41, 5.74) is 5.06. The van der Waals surface area contributed by atoms with Crippen LogP contribution in [0.4, 0.5) is 9.93 Å². The zero-order valence-corrected chi connectivity index (χ0v) is 18.1. The Morgan fingerprint density at radius 1 is 1.16 bits per heavy atom. The molecule has 0 saturated carbocycles. The van der Waals surface area contributed by atoms with E-state index in [0.29, 0.717) is 31.7 Å². The van der Waals surface area contributed by atoms with E-state index in [1.54, 1.807) is 11.3 Å². The number of carboxylic acid groups (broad SMARTS) is 1. The minimum Gasteiger partial charge on any atom is -0.465 e. The van der Waals surface area contributed by atoms with Gasteiger partial charge in [-0.2, -0.15) is 0 Å². The molecule has 8 heteroatoms. The van der Waals surface area contributed by atoms with Gasteiger partial charge in [0.2, 0.25) is 0 Å². The Labute approximate surface area is 184 Å². The van der Waals surface area contributed by atoms with Gasteiger partial charge < -0.3 is 20.2 Å². The molecule has 2 aliphatic rings. The number of piperazine rings is 1. The molecule has 160 valence electrons. The summed E-state index contributed by atoms with van der Waals surface area (Å²) in [6.45, 7) is 4.18. The molecule has 1 aliphatic heterocycles. The second kappa shape index (κ2) is 7.85. The second-order valence-corrected chi connectivity index (χ2v) is 9.17. The summed E-state index contributed by atoms with van der Waals surface area (Å²) in [5, 5.41) is 13.2. The van der Waals surface area contributed by atoms with Crippen molar-refractivity contribution in [2.45, 2.75) is 25.8 Å². The van der Waals surface area contributed by atoms with Crippen molar-refractivity contribution in [2.75, 3.05) is 31.1 Å². The molecule has 0 spiro atoms. The Hall–Kier alpha value is -3.13. The van der Waals surface area contributed by atoms with Crippen LogP contribution in [0, 0.1) is 6.92 Å². The van der Waals surface area contributed by atoms with Crippen molar-refractivity contribution in [1.29, 1.82) is 0 Å². The Morgan fingerprint density at radius 3 is 2.71 bits per heavy atom. The number of carbonyl (C=O) groups excluding carboxylic acids is 1. The van der Waals surface area contributed by atoms with Gasteiger partial charge >= 0.3 is 6.09 Å². The third-order valence-electron chi connectivity index (χ3n) is 6.20. The predicted molar refractivity (Wildman–Crippen MR) is 121 cm³/mol. The van der Waals surface area contributed by atoms with Crippen LogP contribution in [0.2, 0.25) is 0 Å². The van der Waals surface area contributed by atoms with Crippen molar-refractivity contribution in [2.24, 2.45) is 0 Å². The number of anilines is 1. The van der Waals surface area contributed by atoms with E-state index < -0.39 is 6.09 Å². The zero-order chi connectivity index (χ0) is 21.5. The van der Waals surface area contributed by atoms with Crippen LogP contribution < -0.4 is 10.2 Å². The number of amides is 2. The van der Waals surface area contributed by atoms with E-state index in [-0.39, 0.29) is 11.9 Å². The summed E-state index contributed by atoms with van der Waals surface area (Å²) in [7, 11) is 0. The van der Waals surface area contributed by atoms with Crippen LogP contribution in [0.3, 0.4) is 0 Å². The van der Waals surface area contributed by atoms with Crippen molar-refractivity contribution in [3.8, 4) is 0 Å². The molecule has 0 unspecified atom stereocenters. The number of aromatic nitrogens is 1.